The number of hydrogen-bond donors (Lipinski definition) is 1. The number of carbonyl (C=O) groups is 1. The van der Waals surface area contributed by atoms with Crippen LogP contribution in [0.1, 0.15) is 15.9 Å². The maximum absolute atomic E-state index is 11.9. The minimum Gasteiger partial charge on any atom is -0.508 e. The van der Waals surface area contributed by atoms with E-state index in [0.717, 1.165) is 5.56 Å². The predicted octanol–water partition coefficient (Wildman–Crippen LogP) is 2.63. The molecule has 0 aliphatic rings. The summed E-state index contributed by atoms with van der Waals surface area (Å²) in [6.45, 7) is 0. The molecule has 0 spiro atoms. The van der Waals surface area contributed by atoms with Gasteiger partial charge in [-0.1, -0.05) is 12.1 Å². The van der Waals surface area contributed by atoms with Crippen molar-refractivity contribution in [3.63, 3.8) is 0 Å². The maximum atomic E-state index is 11.9. The number of phenolic OH excluding ortho intramolecular Hbond substituents is 1. The van der Waals surface area contributed by atoms with Gasteiger partial charge in [0.05, 0.1) is 11.6 Å². The van der Waals surface area contributed by atoms with Crippen LogP contribution in [-0.2, 0) is 0 Å². The van der Waals surface area contributed by atoms with Crippen molar-refractivity contribution in [2.45, 2.75) is 0 Å². The van der Waals surface area contributed by atoms with Crippen LogP contribution in [0.2, 0.25) is 0 Å². The highest BCUT2D eigenvalue weighted by Crippen LogP contribution is 2.26. The monoisotopic (exact) mass is 266 g/mol. The first-order chi connectivity index (χ1) is 9.51. The molecule has 1 N–H and O–H groups in total. The molecule has 0 atom stereocenters. The number of amides is 1. The van der Waals surface area contributed by atoms with Crippen LogP contribution in [0.3, 0.4) is 0 Å². The Morgan fingerprint density at radius 2 is 1.90 bits per heavy atom. The van der Waals surface area contributed by atoms with Crippen molar-refractivity contribution in [2.24, 2.45) is 0 Å². The van der Waals surface area contributed by atoms with E-state index in [1.807, 2.05) is 12.1 Å². The normalized spacial score (nSPS) is 9.85. The number of carbonyl (C=O) groups excluding carboxylic acids is 1. The molecule has 4 nitrogen and oxygen atoms in total. The highest BCUT2D eigenvalue weighted by atomic mass is 16.3. The van der Waals surface area contributed by atoms with Crippen LogP contribution in [0.25, 0.3) is 11.1 Å². The van der Waals surface area contributed by atoms with Gasteiger partial charge in [0.2, 0.25) is 0 Å². The summed E-state index contributed by atoms with van der Waals surface area (Å²) in [5.41, 5.74) is 2.43. The molecule has 2 aromatic rings. The predicted molar refractivity (Wildman–Crippen MR) is 76.3 cm³/mol. The summed E-state index contributed by atoms with van der Waals surface area (Å²) in [5, 5.41) is 18.6. The van der Waals surface area contributed by atoms with Gasteiger partial charge >= 0.3 is 0 Å². The minimum absolute atomic E-state index is 0.0309. The summed E-state index contributed by atoms with van der Waals surface area (Å²) in [5.74, 6) is -0.0594. The third-order valence-corrected chi connectivity index (χ3v) is 2.90. The van der Waals surface area contributed by atoms with Gasteiger partial charge in [0.1, 0.15) is 5.75 Å². The van der Waals surface area contributed by atoms with Gasteiger partial charge in [0, 0.05) is 19.7 Å². The van der Waals surface area contributed by atoms with Crippen molar-refractivity contribution in [2.75, 3.05) is 14.1 Å². The van der Waals surface area contributed by atoms with E-state index in [-0.39, 0.29) is 11.7 Å². The quantitative estimate of drug-likeness (QED) is 0.908. The molecule has 0 radical (unpaired) electrons. The molecule has 4 heteroatoms. The molecule has 0 aliphatic heterocycles. The summed E-state index contributed by atoms with van der Waals surface area (Å²) >= 11 is 0. The summed E-state index contributed by atoms with van der Waals surface area (Å²) < 4.78 is 0. The van der Waals surface area contributed by atoms with Crippen LogP contribution >= 0.6 is 0 Å². The largest absolute Gasteiger partial charge is 0.508 e. The Labute approximate surface area is 117 Å². The second-order valence-corrected chi connectivity index (χ2v) is 4.66. The molecule has 0 aliphatic carbocycles. The third kappa shape index (κ3) is 2.78. The van der Waals surface area contributed by atoms with Gasteiger partial charge in [-0.2, -0.15) is 5.26 Å². The highest BCUT2D eigenvalue weighted by molar-refractivity contribution is 5.95. The lowest BCUT2D eigenvalue weighted by Crippen LogP contribution is -2.21. The zero-order valence-corrected chi connectivity index (χ0v) is 11.3. The number of rotatable bonds is 2. The zero-order valence-electron chi connectivity index (χ0n) is 11.3. The number of phenols is 1. The summed E-state index contributed by atoms with van der Waals surface area (Å²) in [6, 6.07) is 13.7. The Kier molecular flexibility index (Phi) is 3.72. The van der Waals surface area contributed by atoms with Gasteiger partial charge in [-0.05, 0) is 41.5 Å². The van der Waals surface area contributed by atoms with Crippen LogP contribution in [-0.4, -0.2) is 30.0 Å². The molecular weight excluding hydrogens is 252 g/mol. The molecule has 0 heterocycles. The van der Waals surface area contributed by atoms with Crippen LogP contribution in [0.4, 0.5) is 0 Å². The zero-order chi connectivity index (χ0) is 14.7. The Morgan fingerprint density at radius 3 is 2.55 bits per heavy atom. The van der Waals surface area contributed by atoms with E-state index in [4.69, 9.17) is 5.26 Å². The fourth-order valence-corrected chi connectivity index (χ4v) is 1.93. The average molecular weight is 266 g/mol. The van der Waals surface area contributed by atoms with E-state index < -0.39 is 0 Å². The van der Waals surface area contributed by atoms with E-state index in [9.17, 15) is 9.90 Å². The van der Waals surface area contributed by atoms with Gasteiger partial charge in [0.25, 0.3) is 5.91 Å². The van der Waals surface area contributed by atoms with E-state index >= 15 is 0 Å². The second kappa shape index (κ2) is 5.45. The standard InChI is InChI=1S/C16H14N2O2/c1-18(2)16(20)13-5-3-4-12(8-13)14-6-11(10-17)7-15(19)9-14/h3-9,19H,1-2H3. The maximum Gasteiger partial charge on any atom is 0.253 e. The first-order valence-corrected chi connectivity index (χ1v) is 6.07. The molecule has 20 heavy (non-hydrogen) atoms. The molecule has 100 valence electrons. The number of hydrogen-bond acceptors (Lipinski definition) is 3. The smallest absolute Gasteiger partial charge is 0.253 e. The van der Waals surface area contributed by atoms with Crippen LogP contribution < -0.4 is 0 Å². The van der Waals surface area contributed by atoms with E-state index in [0.29, 0.717) is 16.7 Å². The van der Waals surface area contributed by atoms with Gasteiger partial charge in [-0.15, -0.1) is 0 Å². The number of nitrogens with zero attached hydrogens (tertiary/aromatic N) is 2. The van der Waals surface area contributed by atoms with Gasteiger partial charge in [-0.25, -0.2) is 0 Å². The van der Waals surface area contributed by atoms with Crippen LogP contribution in [0.5, 0.6) is 5.75 Å². The van der Waals surface area contributed by atoms with Gasteiger partial charge in [0.15, 0.2) is 0 Å². The van der Waals surface area contributed by atoms with Gasteiger partial charge in [-0.3, -0.25) is 4.79 Å². The summed E-state index contributed by atoms with van der Waals surface area (Å²) in [4.78, 5) is 13.4. The fraction of sp³-hybridized carbons (Fsp3) is 0.125. The van der Waals surface area contributed by atoms with E-state index in [2.05, 4.69) is 0 Å². The van der Waals surface area contributed by atoms with Crippen molar-refractivity contribution in [3.05, 3.63) is 53.6 Å². The minimum atomic E-state index is -0.0903. The first kappa shape index (κ1) is 13.6. The van der Waals surface area contributed by atoms with Crippen molar-refractivity contribution in [1.29, 1.82) is 5.26 Å². The molecule has 2 rings (SSSR count). The number of aromatic hydroxyl groups is 1. The summed E-state index contributed by atoms with van der Waals surface area (Å²) in [7, 11) is 3.38. The molecule has 1 amide bonds. The fourth-order valence-electron chi connectivity index (χ4n) is 1.93. The lowest BCUT2D eigenvalue weighted by Gasteiger charge is -2.11. The Hall–Kier alpha value is -2.80. The molecule has 0 unspecified atom stereocenters. The van der Waals surface area contributed by atoms with Crippen molar-refractivity contribution < 1.29 is 9.90 Å². The molecule has 2 aromatic carbocycles. The Bertz CT molecular complexity index is 700. The first-order valence-electron chi connectivity index (χ1n) is 6.07. The molecular formula is C16H14N2O2. The molecule has 0 saturated heterocycles. The number of benzene rings is 2. The molecule has 0 fully saturated rings. The Balaban J connectivity index is 2.49. The topological polar surface area (TPSA) is 64.3 Å². The van der Waals surface area contributed by atoms with E-state index in [1.165, 1.54) is 11.0 Å². The lowest BCUT2D eigenvalue weighted by molar-refractivity contribution is 0.0827. The third-order valence-electron chi connectivity index (χ3n) is 2.90. The summed E-state index contributed by atoms with van der Waals surface area (Å²) in [6.07, 6.45) is 0. The molecule has 0 saturated carbocycles. The SMILES string of the molecule is CN(C)C(=O)c1cccc(-c2cc(O)cc(C#N)c2)c1. The average Bonchev–Trinajstić information content (AvgIpc) is 2.45. The van der Waals surface area contributed by atoms with Crippen LogP contribution in [0, 0.1) is 11.3 Å². The van der Waals surface area contributed by atoms with Crippen molar-refractivity contribution in [3.8, 4) is 22.9 Å². The lowest BCUT2D eigenvalue weighted by atomic mass is 10.0. The van der Waals surface area contributed by atoms with Gasteiger partial charge < -0.3 is 10.0 Å². The highest BCUT2D eigenvalue weighted by Gasteiger charge is 2.09. The second-order valence-electron chi connectivity index (χ2n) is 4.66. The van der Waals surface area contributed by atoms with Crippen molar-refractivity contribution in [1.82, 2.24) is 4.90 Å². The van der Waals surface area contributed by atoms with E-state index in [1.54, 1.807) is 44.4 Å². The van der Waals surface area contributed by atoms with Crippen molar-refractivity contribution >= 4 is 5.91 Å². The molecule has 0 bridgehead atoms. The molecule has 0 aromatic heterocycles. The van der Waals surface area contributed by atoms with Crippen LogP contribution in [0.15, 0.2) is 42.5 Å². The Morgan fingerprint density at radius 1 is 1.15 bits per heavy atom. The number of nitriles is 1.